The van der Waals surface area contributed by atoms with Crippen LogP contribution in [0.5, 0.6) is 0 Å². The molecule has 0 atom stereocenters. The molecule has 1 aliphatic heterocycles. The molecule has 1 fully saturated rings. The fourth-order valence-corrected chi connectivity index (χ4v) is 3.52. The fraction of sp³-hybridized carbons (Fsp3) is 0.261. The van der Waals surface area contributed by atoms with E-state index in [0.29, 0.717) is 22.9 Å². The van der Waals surface area contributed by atoms with E-state index in [2.05, 4.69) is 43.5 Å². The zero-order valence-electron chi connectivity index (χ0n) is 17.8. The molecule has 4 N–H and O–H groups in total. The Labute approximate surface area is 182 Å². The van der Waals surface area contributed by atoms with Crippen LogP contribution in [0.1, 0.15) is 15.9 Å². The van der Waals surface area contributed by atoms with Crippen molar-refractivity contribution in [1.29, 1.82) is 0 Å². The highest BCUT2D eigenvalue weighted by Gasteiger charge is 2.15. The standard InChI is InChI=1S/C23H27N7O/c1-16-5-3-4-6-19(16)27-20-13-22(26-15-18(20)23(24)31)28-21-8-7-17(14-25-21)30-11-9-29(2)10-12-30/h3-8,13-15H,9-12H2,1-2H3,(H2,24,31)(H2,25,26,27,28). The van der Waals surface area contributed by atoms with Gasteiger partial charge >= 0.3 is 0 Å². The first-order valence-corrected chi connectivity index (χ1v) is 10.3. The van der Waals surface area contributed by atoms with Crippen molar-refractivity contribution in [1.82, 2.24) is 14.9 Å². The van der Waals surface area contributed by atoms with Crippen molar-refractivity contribution in [2.45, 2.75) is 6.92 Å². The summed E-state index contributed by atoms with van der Waals surface area (Å²) in [5, 5.41) is 6.50. The van der Waals surface area contributed by atoms with Crippen molar-refractivity contribution < 1.29 is 4.79 Å². The summed E-state index contributed by atoms with van der Waals surface area (Å²) < 4.78 is 0. The quantitative estimate of drug-likeness (QED) is 0.567. The van der Waals surface area contributed by atoms with Crippen LogP contribution in [0.2, 0.25) is 0 Å². The number of para-hydroxylation sites is 1. The average Bonchev–Trinajstić information content (AvgIpc) is 2.76. The fourth-order valence-electron chi connectivity index (χ4n) is 3.52. The molecule has 1 aliphatic rings. The van der Waals surface area contributed by atoms with Crippen LogP contribution in [0.4, 0.5) is 28.7 Å². The first-order valence-electron chi connectivity index (χ1n) is 10.3. The number of anilines is 5. The Bertz CT molecular complexity index is 1060. The van der Waals surface area contributed by atoms with Crippen LogP contribution in [0.15, 0.2) is 54.9 Å². The smallest absolute Gasteiger partial charge is 0.252 e. The number of rotatable bonds is 6. The Morgan fingerprint density at radius 3 is 2.35 bits per heavy atom. The predicted octanol–water partition coefficient (Wildman–Crippen LogP) is 3.12. The number of aryl methyl sites for hydroxylation is 1. The maximum absolute atomic E-state index is 11.9. The predicted molar refractivity (Wildman–Crippen MR) is 124 cm³/mol. The molecule has 8 nitrogen and oxygen atoms in total. The zero-order valence-corrected chi connectivity index (χ0v) is 17.8. The molecule has 0 radical (unpaired) electrons. The molecule has 1 aromatic carbocycles. The highest BCUT2D eigenvalue weighted by Crippen LogP contribution is 2.26. The Hall–Kier alpha value is -3.65. The SMILES string of the molecule is Cc1ccccc1Nc1cc(Nc2ccc(N3CCN(C)CC3)cn2)ncc1C(N)=O. The highest BCUT2D eigenvalue weighted by atomic mass is 16.1. The molecule has 31 heavy (non-hydrogen) atoms. The third kappa shape index (κ3) is 4.92. The first kappa shape index (κ1) is 20.6. The third-order valence-corrected chi connectivity index (χ3v) is 5.46. The van der Waals surface area contributed by atoms with Crippen LogP contribution >= 0.6 is 0 Å². The normalized spacial score (nSPS) is 14.3. The number of amides is 1. The maximum Gasteiger partial charge on any atom is 0.252 e. The average molecular weight is 418 g/mol. The van der Waals surface area contributed by atoms with Crippen LogP contribution in [0.25, 0.3) is 0 Å². The lowest BCUT2D eigenvalue weighted by atomic mass is 10.1. The van der Waals surface area contributed by atoms with Gasteiger partial charge in [0.1, 0.15) is 11.6 Å². The van der Waals surface area contributed by atoms with Gasteiger partial charge in [0.2, 0.25) is 0 Å². The number of likely N-dealkylation sites (N-methyl/N-ethyl adjacent to an activating group) is 1. The van der Waals surface area contributed by atoms with Crippen LogP contribution in [0, 0.1) is 6.92 Å². The van der Waals surface area contributed by atoms with E-state index >= 15 is 0 Å². The molecule has 0 saturated carbocycles. The van der Waals surface area contributed by atoms with Crippen LogP contribution < -0.4 is 21.3 Å². The molecule has 2 aromatic heterocycles. The van der Waals surface area contributed by atoms with Gasteiger partial charge in [-0.25, -0.2) is 9.97 Å². The summed E-state index contributed by atoms with van der Waals surface area (Å²) in [4.78, 5) is 25.4. The number of nitrogens with one attached hydrogen (secondary N) is 2. The van der Waals surface area contributed by atoms with Gasteiger partial charge < -0.3 is 26.2 Å². The number of nitrogens with two attached hydrogens (primary N) is 1. The second kappa shape index (κ2) is 9.01. The number of hydrogen-bond acceptors (Lipinski definition) is 7. The summed E-state index contributed by atoms with van der Waals surface area (Å²) in [5.74, 6) is 0.713. The number of carbonyl (C=O) groups excluding carboxylic acids is 1. The van der Waals surface area contributed by atoms with Gasteiger partial charge in [0.25, 0.3) is 5.91 Å². The number of benzene rings is 1. The molecule has 1 amide bonds. The lowest BCUT2D eigenvalue weighted by molar-refractivity contribution is 0.100. The molecule has 8 heteroatoms. The Morgan fingerprint density at radius 1 is 0.935 bits per heavy atom. The Kier molecular flexibility index (Phi) is 5.99. The van der Waals surface area contributed by atoms with E-state index in [1.165, 1.54) is 6.20 Å². The molecule has 4 rings (SSSR count). The maximum atomic E-state index is 11.9. The van der Waals surface area contributed by atoms with E-state index in [0.717, 1.165) is 43.1 Å². The molecule has 0 bridgehead atoms. The van der Waals surface area contributed by atoms with Gasteiger partial charge in [0.05, 0.1) is 23.1 Å². The van der Waals surface area contributed by atoms with Gasteiger partial charge in [-0.1, -0.05) is 18.2 Å². The zero-order chi connectivity index (χ0) is 21.8. The number of nitrogens with zero attached hydrogens (tertiary/aromatic N) is 4. The molecule has 1 saturated heterocycles. The number of aromatic nitrogens is 2. The molecule has 3 aromatic rings. The Morgan fingerprint density at radius 2 is 1.68 bits per heavy atom. The van der Waals surface area contributed by atoms with Gasteiger partial charge in [-0.3, -0.25) is 4.79 Å². The summed E-state index contributed by atoms with van der Waals surface area (Å²) in [6.07, 6.45) is 3.35. The van der Waals surface area contributed by atoms with Crippen molar-refractivity contribution in [3.05, 3.63) is 66.0 Å². The van der Waals surface area contributed by atoms with Crippen molar-refractivity contribution in [2.75, 3.05) is 48.8 Å². The summed E-state index contributed by atoms with van der Waals surface area (Å²) in [6.45, 7) is 6.09. The molecule has 160 valence electrons. The summed E-state index contributed by atoms with van der Waals surface area (Å²) in [5.41, 5.74) is 9.53. The minimum atomic E-state index is -0.537. The summed E-state index contributed by atoms with van der Waals surface area (Å²) >= 11 is 0. The van der Waals surface area contributed by atoms with Crippen LogP contribution in [-0.4, -0.2) is 54.0 Å². The van der Waals surface area contributed by atoms with E-state index in [4.69, 9.17) is 5.73 Å². The van der Waals surface area contributed by atoms with Gasteiger partial charge in [-0.15, -0.1) is 0 Å². The van der Waals surface area contributed by atoms with Gasteiger partial charge in [0, 0.05) is 44.1 Å². The summed E-state index contributed by atoms with van der Waals surface area (Å²) in [7, 11) is 2.14. The topological polar surface area (TPSA) is 99.4 Å². The third-order valence-electron chi connectivity index (χ3n) is 5.46. The van der Waals surface area contributed by atoms with E-state index in [1.807, 2.05) is 43.5 Å². The number of piperazine rings is 1. The number of pyridine rings is 2. The van der Waals surface area contributed by atoms with Crippen molar-refractivity contribution >= 4 is 34.6 Å². The van der Waals surface area contributed by atoms with Crippen LogP contribution in [-0.2, 0) is 0 Å². The van der Waals surface area contributed by atoms with E-state index < -0.39 is 5.91 Å². The molecular formula is C23H27N7O. The summed E-state index contributed by atoms with van der Waals surface area (Å²) in [6, 6.07) is 13.6. The van der Waals surface area contributed by atoms with Gasteiger partial charge in [-0.2, -0.15) is 0 Å². The Balaban J connectivity index is 1.52. The number of carbonyl (C=O) groups is 1. The van der Waals surface area contributed by atoms with Crippen molar-refractivity contribution in [3.63, 3.8) is 0 Å². The molecular weight excluding hydrogens is 390 g/mol. The van der Waals surface area contributed by atoms with Crippen molar-refractivity contribution in [3.8, 4) is 0 Å². The van der Waals surface area contributed by atoms with Gasteiger partial charge in [-0.05, 0) is 37.7 Å². The molecule has 0 aliphatic carbocycles. The number of hydrogen-bond donors (Lipinski definition) is 3. The second-order valence-corrected chi connectivity index (χ2v) is 7.74. The van der Waals surface area contributed by atoms with E-state index in [1.54, 1.807) is 6.07 Å². The first-order chi connectivity index (χ1) is 15.0. The molecule has 0 spiro atoms. The lowest BCUT2D eigenvalue weighted by Crippen LogP contribution is -2.44. The molecule has 0 unspecified atom stereocenters. The van der Waals surface area contributed by atoms with Crippen molar-refractivity contribution in [2.24, 2.45) is 5.73 Å². The van der Waals surface area contributed by atoms with Crippen LogP contribution in [0.3, 0.4) is 0 Å². The minimum absolute atomic E-state index is 0.326. The minimum Gasteiger partial charge on any atom is -0.368 e. The largest absolute Gasteiger partial charge is 0.368 e. The lowest BCUT2D eigenvalue weighted by Gasteiger charge is -2.33. The number of primary amides is 1. The monoisotopic (exact) mass is 417 g/mol. The van der Waals surface area contributed by atoms with E-state index in [-0.39, 0.29) is 0 Å². The highest BCUT2D eigenvalue weighted by molar-refractivity contribution is 5.99. The second-order valence-electron chi connectivity index (χ2n) is 7.74. The van der Waals surface area contributed by atoms with E-state index in [9.17, 15) is 4.79 Å². The van der Waals surface area contributed by atoms with Gasteiger partial charge in [0.15, 0.2) is 0 Å². The molecule has 3 heterocycles.